The molecule has 28 heavy (non-hydrogen) atoms. The minimum Gasteiger partial charge on any atom is -0.486 e. The van der Waals surface area contributed by atoms with Gasteiger partial charge < -0.3 is 4.74 Å². The number of fused-ring (bicyclic) bond motifs is 2. The van der Waals surface area contributed by atoms with Gasteiger partial charge in [0.1, 0.15) is 12.4 Å². The summed E-state index contributed by atoms with van der Waals surface area (Å²) >= 11 is 0. The summed E-state index contributed by atoms with van der Waals surface area (Å²) in [6, 6.07) is 13.9. The van der Waals surface area contributed by atoms with Crippen molar-refractivity contribution >= 4 is 16.7 Å². The quantitative estimate of drug-likeness (QED) is 0.580. The molecule has 4 heteroatoms. The van der Waals surface area contributed by atoms with E-state index in [2.05, 4.69) is 29.9 Å². The lowest BCUT2D eigenvalue weighted by atomic mass is 9.75. The molecule has 0 saturated carbocycles. The SMILES string of the molecule is CCCCC1C(=O)c2cc(OCc3ccc4ccccc4n3)cnc2CC1C. The molecule has 0 saturated heterocycles. The molecule has 2 unspecified atom stereocenters. The molecular weight excluding hydrogens is 348 g/mol. The largest absolute Gasteiger partial charge is 0.486 e. The Morgan fingerprint density at radius 3 is 2.89 bits per heavy atom. The van der Waals surface area contributed by atoms with E-state index in [-0.39, 0.29) is 11.7 Å². The smallest absolute Gasteiger partial charge is 0.168 e. The van der Waals surface area contributed by atoms with E-state index < -0.39 is 0 Å². The molecule has 1 aromatic carbocycles. The number of carbonyl (C=O) groups is 1. The summed E-state index contributed by atoms with van der Waals surface area (Å²) in [4.78, 5) is 22.2. The molecule has 0 spiro atoms. The monoisotopic (exact) mass is 374 g/mol. The van der Waals surface area contributed by atoms with Crippen molar-refractivity contribution in [3.05, 3.63) is 65.6 Å². The number of carbonyl (C=O) groups excluding carboxylic acids is 1. The zero-order chi connectivity index (χ0) is 19.5. The Hall–Kier alpha value is -2.75. The van der Waals surface area contributed by atoms with Gasteiger partial charge in [0.2, 0.25) is 0 Å². The van der Waals surface area contributed by atoms with Gasteiger partial charge in [0.05, 0.1) is 23.1 Å². The van der Waals surface area contributed by atoms with E-state index >= 15 is 0 Å². The maximum absolute atomic E-state index is 13.0. The fourth-order valence-electron chi connectivity index (χ4n) is 4.02. The molecule has 0 N–H and O–H groups in total. The highest BCUT2D eigenvalue weighted by Gasteiger charge is 2.33. The summed E-state index contributed by atoms with van der Waals surface area (Å²) in [6.07, 6.45) is 5.76. The van der Waals surface area contributed by atoms with E-state index in [0.29, 0.717) is 18.3 Å². The number of nitrogens with zero attached hydrogens (tertiary/aromatic N) is 2. The van der Waals surface area contributed by atoms with Crippen molar-refractivity contribution in [1.29, 1.82) is 0 Å². The zero-order valence-electron chi connectivity index (χ0n) is 16.5. The maximum Gasteiger partial charge on any atom is 0.168 e. The van der Waals surface area contributed by atoms with E-state index in [4.69, 9.17) is 4.74 Å². The second kappa shape index (κ2) is 8.09. The van der Waals surface area contributed by atoms with Crippen molar-refractivity contribution < 1.29 is 9.53 Å². The normalized spacial score (nSPS) is 18.9. The number of Topliss-reactive ketones (excluding diaryl/α,β-unsaturated/α-hetero) is 1. The Balaban J connectivity index is 1.50. The van der Waals surface area contributed by atoms with Gasteiger partial charge in [-0.2, -0.15) is 0 Å². The number of ketones is 1. The number of pyridine rings is 2. The van der Waals surface area contributed by atoms with Crippen molar-refractivity contribution in [1.82, 2.24) is 9.97 Å². The van der Waals surface area contributed by atoms with Crippen molar-refractivity contribution in [2.75, 3.05) is 0 Å². The zero-order valence-corrected chi connectivity index (χ0v) is 16.5. The van der Waals surface area contributed by atoms with Gasteiger partial charge in [-0.05, 0) is 37.0 Å². The summed E-state index contributed by atoms with van der Waals surface area (Å²) in [6.45, 7) is 4.69. The maximum atomic E-state index is 13.0. The van der Waals surface area contributed by atoms with E-state index in [9.17, 15) is 4.79 Å². The average Bonchev–Trinajstić information content (AvgIpc) is 2.72. The van der Waals surface area contributed by atoms with E-state index in [0.717, 1.165) is 53.5 Å². The highest BCUT2D eigenvalue weighted by atomic mass is 16.5. The third-order valence-electron chi connectivity index (χ3n) is 5.66. The summed E-state index contributed by atoms with van der Waals surface area (Å²) in [5.74, 6) is 1.31. The van der Waals surface area contributed by atoms with Crippen LogP contribution >= 0.6 is 0 Å². The Morgan fingerprint density at radius 2 is 2.04 bits per heavy atom. The molecule has 0 aliphatic heterocycles. The number of aromatic nitrogens is 2. The first-order chi connectivity index (χ1) is 13.7. The molecule has 0 radical (unpaired) electrons. The lowest BCUT2D eigenvalue weighted by molar-refractivity contribution is 0.0846. The highest BCUT2D eigenvalue weighted by molar-refractivity contribution is 6.00. The van der Waals surface area contributed by atoms with Crippen LogP contribution in [0.15, 0.2) is 48.7 Å². The first kappa shape index (κ1) is 18.6. The summed E-state index contributed by atoms with van der Waals surface area (Å²) < 4.78 is 5.92. The van der Waals surface area contributed by atoms with Gasteiger partial charge in [-0.1, -0.05) is 51.0 Å². The third kappa shape index (κ3) is 3.77. The molecule has 0 amide bonds. The van der Waals surface area contributed by atoms with Crippen LogP contribution in [-0.4, -0.2) is 15.8 Å². The third-order valence-corrected chi connectivity index (χ3v) is 5.66. The van der Waals surface area contributed by atoms with Gasteiger partial charge in [0.15, 0.2) is 5.78 Å². The van der Waals surface area contributed by atoms with Crippen LogP contribution in [0.3, 0.4) is 0 Å². The summed E-state index contributed by atoms with van der Waals surface area (Å²) in [5, 5.41) is 1.11. The molecular formula is C24H26N2O2. The van der Waals surface area contributed by atoms with E-state index in [1.807, 2.05) is 36.4 Å². The lowest BCUT2D eigenvalue weighted by Gasteiger charge is -2.29. The number of benzene rings is 1. The van der Waals surface area contributed by atoms with Crippen molar-refractivity contribution in [3.63, 3.8) is 0 Å². The van der Waals surface area contributed by atoms with Crippen LogP contribution in [0.25, 0.3) is 10.9 Å². The van der Waals surface area contributed by atoms with E-state index in [1.165, 1.54) is 0 Å². The molecule has 144 valence electrons. The number of unbranched alkanes of at least 4 members (excludes halogenated alkanes) is 1. The van der Waals surface area contributed by atoms with Crippen molar-refractivity contribution in [2.24, 2.45) is 11.8 Å². The predicted molar refractivity (Wildman–Crippen MR) is 111 cm³/mol. The second-order valence-corrected chi connectivity index (χ2v) is 7.74. The Morgan fingerprint density at radius 1 is 1.18 bits per heavy atom. The van der Waals surface area contributed by atoms with Gasteiger partial charge >= 0.3 is 0 Å². The van der Waals surface area contributed by atoms with Gasteiger partial charge in [0, 0.05) is 16.9 Å². The molecule has 0 bridgehead atoms. The topological polar surface area (TPSA) is 52.1 Å². The van der Waals surface area contributed by atoms with Gasteiger partial charge in [0.25, 0.3) is 0 Å². The Labute approximate surface area is 166 Å². The number of para-hydroxylation sites is 1. The fraction of sp³-hybridized carbons (Fsp3) is 0.375. The predicted octanol–water partition coefficient (Wildman–Crippen LogP) is 5.39. The first-order valence-electron chi connectivity index (χ1n) is 10.2. The molecule has 4 rings (SSSR count). The summed E-state index contributed by atoms with van der Waals surface area (Å²) in [7, 11) is 0. The number of hydrogen-bond acceptors (Lipinski definition) is 4. The van der Waals surface area contributed by atoms with Gasteiger partial charge in [-0.3, -0.25) is 9.78 Å². The molecule has 3 aromatic rings. The van der Waals surface area contributed by atoms with Gasteiger partial charge in [-0.25, -0.2) is 4.98 Å². The van der Waals surface area contributed by atoms with Crippen LogP contribution in [0.2, 0.25) is 0 Å². The van der Waals surface area contributed by atoms with Crippen molar-refractivity contribution in [2.45, 2.75) is 46.1 Å². The molecule has 0 fully saturated rings. The van der Waals surface area contributed by atoms with Crippen LogP contribution in [-0.2, 0) is 13.0 Å². The minimum atomic E-state index is 0.103. The minimum absolute atomic E-state index is 0.103. The average molecular weight is 374 g/mol. The van der Waals surface area contributed by atoms with Crippen LogP contribution in [0.4, 0.5) is 0 Å². The molecule has 4 nitrogen and oxygen atoms in total. The molecule has 2 heterocycles. The number of ether oxygens (including phenoxy) is 1. The van der Waals surface area contributed by atoms with Crippen molar-refractivity contribution in [3.8, 4) is 5.75 Å². The Bertz CT molecular complexity index is 999. The molecule has 2 atom stereocenters. The molecule has 2 aromatic heterocycles. The molecule has 1 aliphatic carbocycles. The fourth-order valence-corrected chi connectivity index (χ4v) is 4.02. The van der Waals surface area contributed by atoms with Crippen LogP contribution in [0.1, 0.15) is 54.9 Å². The van der Waals surface area contributed by atoms with Crippen LogP contribution < -0.4 is 4.74 Å². The molecule has 1 aliphatic rings. The number of hydrogen-bond donors (Lipinski definition) is 0. The highest BCUT2D eigenvalue weighted by Crippen LogP contribution is 2.33. The lowest BCUT2D eigenvalue weighted by Crippen LogP contribution is -2.30. The van der Waals surface area contributed by atoms with E-state index in [1.54, 1.807) is 6.20 Å². The number of rotatable bonds is 6. The Kier molecular flexibility index (Phi) is 5.38. The first-order valence-corrected chi connectivity index (χ1v) is 10.2. The van der Waals surface area contributed by atoms with Crippen LogP contribution in [0, 0.1) is 11.8 Å². The summed E-state index contributed by atoms with van der Waals surface area (Å²) in [5.41, 5.74) is 3.46. The van der Waals surface area contributed by atoms with Gasteiger partial charge in [-0.15, -0.1) is 0 Å². The van der Waals surface area contributed by atoms with Crippen LogP contribution in [0.5, 0.6) is 5.75 Å². The standard InChI is InChI=1S/C24H26N2O2/c1-3-4-8-20-16(2)12-23-21(24(20)27)13-19(14-25-23)28-15-18-11-10-17-7-5-6-9-22(17)26-18/h5-7,9-11,13-14,16,20H,3-4,8,12,15H2,1-2H3. The second-order valence-electron chi connectivity index (χ2n) is 7.74.